The van der Waals surface area contributed by atoms with Gasteiger partial charge in [0.25, 0.3) is 6.43 Å². The number of rotatable bonds is 10. The van der Waals surface area contributed by atoms with E-state index in [2.05, 4.69) is 15.5 Å². The Morgan fingerprint density at radius 2 is 1.92 bits per heavy atom. The number of anilines is 1. The number of hydrogen-bond acceptors (Lipinski definition) is 7. The van der Waals surface area contributed by atoms with Gasteiger partial charge in [0.15, 0.2) is 17.3 Å². The van der Waals surface area contributed by atoms with Crippen LogP contribution in [0.25, 0.3) is 22.0 Å². The Bertz CT molecular complexity index is 1460. The molecule has 4 rings (SSSR count). The Morgan fingerprint density at radius 1 is 1.13 bits per heavy atom. The molecule has 0 radical (unpaired) electrons. The average molecular weight is 530 g/mol. The lowest BCUT2D eigenvalue weighted by atomic mass is 9.91. The number of nitrogens with zero attached hydrogens (tertiary/aromatic N) is 2. The van der Waals surface area contributed by atoms with Gasteiger partial charge in [-0.15, -0.1) is 0 Å². The normalized spacial score (nSPS) is 11.7. The van der Waals surface area contributed by atoms with Crippen LogP contribution in [0.5, 0.6) is 11.5 Å². The molecule has 0 atom stereocenters. The van der Waals surface area contributed by atoms with E-state index in [1.165, 1.54) is 39.2 Å². The molecule has 0 bridgehead atoms. The van der Waals surface area contributed by atoms with Crippen LogP contribution in [0.15, 0.2) is 53.2 Å². The summed E-state index contributed by atoms with van der Waals surface area (Å²) < 4.78 is 57.1. The number of pyridine rings is 1. The molecule has 4 aromatic rings. The van der Waals surface area contributed by atoms with Gasteiger partial charge in [-0.25, -0.2) is 13.2 Å². The summed E-state index contributed by atoms with van der Waals surface area (Å²) in [5.41, 5.74) is 0.399. The van der Waals surface area contributed by atoms with Crippen LogP contribution in [0, 0.1) is 5.82 Å². The minimum absolute atomic E-state index is 0.0293. The standard InChI is InChI=1S/C27H26F3N3O5/c1-27(2,26(29)30)23-13-24(33-38-23)32-25(35)11-16-5-4-15(9-19(16)28)18-8-17-10-21(36-3)22(37-7-6-34)12-20(17)31-14-18/h4-5,8-10,12-14,26,34H,6-7,11H2,1-3H3,(H,32,33,35). The summed E-state index contributed by atoms with van der Waals surface area (Å²) >= 11 is 0. The number of ether oxygens (including phenoxy) is 2. The maximum absolute atomic E-state index is 14.9. The fourth-order valence-electron chi connectivity index (χ4n) is 3.70. The number of benzene rings is 2. The number of carbonyl (C=O) groups excluding carboxylic acids is 1. The zero-order chi connectivity index (χ0) is 27.4. The second kappa shape index (κ2) is 11.1. The number of carbonyl (C=O) groups is 1. The lowest BCUT2D eigenvalue weighted by Crippen LogP contribution is -2.26. The van der Waals surface area contributed by atoms with Crippen LogP contribution in [0.3, 0.4) is 0 Å². The van der Waals surface area contributed by atoms with Crippen molar-refractivity contribution in [1.29, 1.82) is 0 Å². The average Bonchev–Trinajstić information content (AvgIpc) is 3.36. The van der Waals surface area contributed by atoms with Gasteiger partial charge in [-0.3, -0.25) is 9.78 Å². The third kappa shape index (κ3) is 5.72. The van der Waals surface area contributed by atoms with Crippen molar-refractivity contribution < 1.29 is 37.1 Å². The van der Waals surface area contributed by atoms with Crippen LogP contribution in [0.2, 0.25) is 0 Å². The van der Waals surface area contributed by atoms with Crippen molar-refractivity contribution in [2.75, 3.05) is 25.6 Å². The summed E-state index contributed by atoms with van der Waals surface area (Å²) in [6, 6.07) is 11.0. The van der Waals surface area contributed by atoms with Gasteiger partial charge in [0.1, 0.15) is 18.2 Å². The summed E-state index contributed by atoms with van der Waals surface area (Å²) in [4.78, 5) is 16.9. The molecule has 0 aliphatic carbocycles. The van der Waals surface area contributed by atoms with Gasteiger partial charge in [0.05, 0.1) is 31.1 Å². The second-order valence-corrected chi connectivity index (χ2v) is 9.12. The minimum Gasteiger partial charge on any atom is -0.493 e. The topological polar surface area (TPSA) is 107 Å². The van der Waals surface area contributed by atoms with E-state index in [-0.39, 0.29) is 36.8 Å². The summed E-state index contributed by atoms with van der Waals surface area (Å²) in [5, 5.41) is 15.8. The maximum atomic E-state index is 14.9. The van der Waals surface area contributed by atoms with Crippen molar-refractivity contribution in [2.24, 2.45) is 0 Å². The predicted octanol–water partition coefficient (Wildman–Crippen LogP) is 5.13. The molecule has 0 saturated heterocycles. The first-order valence-corrected chi connectivity index (χ1v) is 11.7. The number of aromatic nitrogens is 2. The van der Waals surface area contributed by atoms with Crippen LogP contribution < -0.4 is 14.8 Å². The van der Waals surface area contributed by atoms with E-state index < -0.39 is 23.6 Å². The van der Waals surface area contributed by atoms with Crippen molar-refractivity contribution in [3.05, 3.63) is 65.8 Å². The molecule has 2 aromatic carbocycles. The van der Waals surface area contributed by atoms with Gasteiger partial charge < -0.3 is 24.4 Å². The molecule has 38 heavy (non-hydrogen) atoms. The first-order valence-electron chi connectivity index (χ1n) is 11.7. The molecule has 0 aliphatic rings. The lowest BCUT2D eigenvalue weighted by molar-refractivity contribution is -0.115. The maximum Gasteiger partial charge on any atom is 0.250 e. The van der Waals surface area contributed by atoms with Gasteiger partial charge in [-0.05, 0) is 43.2 Å². The van der Waals surface area contributed by atoms with E-state index >= 15 is 0 Å². The molecule has 2 heterocycles. The lowest BCUT2D eigenvalue weighted by Gasteiger charge is -2.18. The SMILES string of the molecule is COc1cc2cc(-c3ccc(CC(=O)Nc4cc(C(C)(C)C(F)F)on4)c(F)c3)cnc2cc1OCCO. The van der Waals surface area contributed by atoms with E-state index in [0.29, 0.717) is 28.1 Å². The molecule has 11 heteroatoms. The highest BCUT2D eigenvalue weighted by molar-refractivity contribution is 5.91. The fourth-order valence-corrected chi connectivity index (χ4v) is 3.70. The Balaban J connectivity index is 1.49. The number of halogens is 3. The molecule has 0 fully saturated rings. The number of nitrogens with one attached hydrogen (secondary N) is 1. The monoisotopic (exact) mass is 529 g/mol. The summed E-state index contributed by atoms with van der Waals surface area (Å²) in [6.07, 6.45) is -1.39. The molecule has 0 aliphatic heterocycles. The van der Waals surface area contributed by atoms with E-state index in [0.717, 1.165) is 5.39 Å². The van der Waals surface area contributed by atoms with Crippen molar-refractivity contribution in [3.63, 3.8) is 0 Å². The van der Waals surface area contributed by atoms with Gasteiger partial charge in [-0.2, -0.15) is 0 Å². The number of fused-ring (bicyclic) bond motifs is 1. The molecule has 2 aromatic heterocycles. The van der Waals surface area contributed by atoms with Gasteiger partial charge >= 0.3 is 0 Å². The Labute approximate surface area is 216 Å². The van der Waals surface area contributed by atoms with E-state index in [9.17, 15) is 18.0 Å². The quantitative estimate of drug-likeness (QED) is 0.293. The van der Waals surface area contributed by atoms with Gasteiger partial charge in [0, 0.05) is 29.3 Å². The molecule has 1 amide bonds. The van der Waals surface area contributed by atoms with E-state index in [1.54, 1.807) is 24.4 Å². The molecule has 0 saturated carbocycles. The number of hydrogen-bond donors (Lipinski definition) is 2. The molecule has 8 nitrogen and oxygen atoms in total. The number of amides is 1. The number of aliphatic hydroxyl groups excluding tert-OH is 1. The van der Waals surface area contributed by atoms with Crippen LogP contribution in [-0.2, 0) is 16.6 Å². The van der Waals surface area contributed by atoms with Gasteiger partial charge in [-0.1, -0.05) is 17.3 Å². The smallest absolute Gasteiger partial charge is 0.250 e. The Morgan fingerprint density at radius 3 is 2.61 bits per heavy atom. The molecule has 0 unspecified atom stereocenters. The first-order chi connectivity index (χ1) is 18.1. The van der Waals surface area contributed by atoms with Crippen LogP contribution in [0.4, 0.5) is 19.0 Å². The fraction of sp³-hybridized carbons (Fsp3) is 0.296. The number of aliphatic hydroxyl groups is 1. The highest BCUT2D eigenvalue weighted by Gasteiger charge is 2.36. The molecule has 2 N–H and O–H groups in total. The number of methoxy groups -OCH3 is 1. The van der Waals surface area contributed by atoms with Crippen molar-refractivity contribution in [2.45, 2.75) is 32.1 Å². The summed E-state index contributed by atoms with van der Waals surface area (Å²) in [7, 11) is 1.50. The third-order valence-electron chi connectivity index (χ3n) is 6.01. The highest BCUT2D eigenvalue weighted by atomic mass is 19.3. The van der Waals surface area contributed by atoms with Crippen LogP contribution in [-0.4, -0.2) is 47.9 Å². The predicted molar refractivity (Wildman–Crippen MR) is 134 cm³/mol. The van der Waals surface area contributed by atoms with E-state index in [4.69, 9.17) is 19.1 Å². The molecule has 200 valence electrons. The van der Waals surface area contributed by atoms with Crippen molar-refractivity contribution in [1.82, 2.24) is 10.1 Å². The highest BCUT2D eigenvalue weighted by Crippen LogP contribution is 2.34. The Kier molecular flexibility index (Phi) is 7.86. The van der Waals surface area contributed by atoms with Crippen molar-refractivity contribution >= 4 is 22.6 Å². The zero-order valence-corrected chi connectivity index (χ0v) is 20.9. The van der Waals surface area contributed by atoms with Crippen molar-refractivity contribution in [3.8, 4) is 22.6 Å². The van der Waals surface area contributed by atoms with Gasteiger partial charge in [0.2, 0.25) is 5.91 Å². The molecule has 0 spiro atoms. The molecular weight excluding hydrogens is 503 g/mol. The Hall–Kier alpha value is -4.12. The number of alkyl halides is 2. The molecular formula is C27H26F3N3O5. The van der Waals surface area contributed by atoms with Crippen LogP contribution in [0.1, 0.15) is 25.2 Å². The summed E-state index contributed by atoms with van der Waals surface area (Å²) in [6.45, 7) is 2.57. The summed E-state index contributed by atoms with van der Waals surface area (Å²) in [5.74, 6) is -0.364. The zero-order valence-electron chi connectivity index (χ0n) is 20.9. The first kappa shape index (κ1) is 26.9. The second-order valence-electron chi connectivity index (χ2n) is 9.12. The van der Waals surface area contributed by atoms with E-state index in [1.807, 2.05) is 6.07 Å². The third-order valence-corrected chi connectivity index (χ3v) is 6.01. The minimum atomic E-state index is -2.69. The largest absolute Gasteiger partial charge is 0.493 e. The van der Waals surface area contributed by atoms with Crippen LogP contribution >= 0.6 is 0 Å².